The zero-order valence-electron chi connectivity index (χ0n) is 18.4. The minimum Gasteiger partial charge on any atom is -0.460 e. The molecule has 0 unspecified atom stereocenters. The van der Waals surface area contributed by atoms with Crippen molar-refractivity contribution in [3.05, 3.63) is 115 Å². The molecule has 1 aliphatic heterocycles. The summed E-state index contributed by atoms with van der Waals surface area (Å²) in [5.41, 5.74) is 9.06. The van der Waals surface area contributed by atoms with Crippen molar-refractivity contribution < 1.29 is 25.8 Å². The molecule has 5 aromatic rings. The van der Waals surface area contributed by atoms with E-state index in [1.165, 1.54) is 22.2 Å². The van der Waals surface area contributed by atoms with Gasteiger partial charge >= 0.3 is 21.1 Å². The molecule has 1 aliphatic rings. The summed E-state index contributed by atoms with van der Waals surface area (Å²) in [5.74, 6) is 1.17. The molecule has 3 heterocycles. The second-order valence-corrected chi connectivity index (χ2v) is 8.12. The van der Waals surface area contributed by atoms with Crippen LogP contribution in [0.25, 0.3) is 22.3 Å². The maximum Gasteiger partial charge on any atom is 2.00 e. The first-order valence-corrected chi connectivity index (χ1v) is 11.0. The van der Waals surface area contributed by atoms with Crippen molar-refractivity contribution in [2.24, 2.45) is 0 Å². The van der Waals surface area contributed by atoms with E-state index >= 15 is 0 Å². The normalized spacial score (nSPS) is 11.4. The minimum atomic E-state index is 0. The van der Waals surface area contributed by atoms with E-state index in [1.807, 2.05) is 48.7 Å². The molecular formula is C29H19BN2OPt. The van der Waals surface area contributed by atoms with Gasteiger partial charge in [0.1, 0.15) is 0 Å². The molecule has 5 heteroatoms. The second-order valence-electron chi connectivity index (χ2n) is 8.12. The van der Waals surface area contributed by atoms with E-state index in [-0.39, 0.29) is 27.8 Å². The van der Waals surface area contributed by atoms with E-state index in [0.29, 0.717) is 11.6 Å². The van der Waals surface area contributed by atoms with Crippen molar-refractivity contribution >= 4 is 23.2 Å². The van der Waals surface area contributed by atoms with Crippen LogP contribution in [0.1, 0.15) is 5.56 Å². The number of hydrogen-bond donors (Lipinski definition) is 0. The fraction of sp³-hybridized carbons (Fsp3) is 0.0345. The maximum absolute atomic E-state index is 5.90. The smallest absolute Gasteiger partial charge is 0.460 e. The summed E-state index contributed by atoms with van der Waals surface area (Å²) in [4.78, 5) is 9.01. The Bertz CT molecular complexity index is 1470. The van der Waals surface area contributed by atoms with Crippen molar-refractivity contribution in [3.63, 3.8) is 0 Å². The Kier molecular flexibility index (Phi) is 6.17. The molecule has 34 heavy (non-hydrogen) atoms. The van der Waals surface area contributed by atoms with Gasteiger partial charge < -0.3 is 4.74 Å². The van der Waals surface area contributed by atoms with Gasteiger partial charge in [-0.15, -0.1) is 23.8 Å². The van der Waals surface area contributed by atoms with Gasteiger partial charge in [-0.1, -0.05) is 47.4 Å². The molecule has 0 spiro atoms. The Hall–Kier alpha value is -3.49. The van der Waals surface area contributed by atoms with Gasteiger partial charge in [0, 0.05) is 29.8 Å². The standard InChI is InChI=1S/C29H19BN2O.Pt/c1-20-8-7-17-32-29(20)30-26-12-3-2-11-24(26)25-15-14-22(19-27(25)30)21-9-6-10-23(18-21)33-28-13-4-5-16-31-28;/h2-17H,1H3;/q-2;+2. The molecule has 0 atom stereocenters. The topological polar surface area (TPSA) is 35.0 Å². The molecule has 3 aromatic carbocycles. The fourth-order valence-electron chi connectivity index (χ4n) is 4.55. The summed E-state index contributed by atoms with van der Waals surface area (Å²) < 4.78 is 5.90. The first kappa shape index (κ1) is 22.3. The largest absolute Gasteiger partial charge is 2.00 e. The average molecular weight is 617 g/mol. The third-order valence-electron chi connectivity index (χ3n) is 6.06. The quantitative estimate of drug-likeness (QED) is 0.218. The summed E-state index contributed by atoms with van der Waals surface area (Å²) >= 11 is 0. The van der Waals surface area contributed by atoms with E-state index in [2.05, 4.69) is 66.5 Å². The van der Waals surface area contributed by atoms with Crippen molar-refractivity contribution in [2.45, 2.75) is 6.92 Å². The number of aryl methyl sites for hydroxylation is 1. The molecule has 0 aliphatic carbocycles. The molecular weight excluding hydrogens is 598 g/mol. The van der Waals surface area contributed by atoms with Crippen LogP contribution in [0.2, 0.25) is 0 Å². The third-order valence-corrected chi connectivity index (χ3v) is 6.06. The van der Waals surface area contributed by atoms with E-state index < -0.39 is 0 Å². The van der Waals surface area contributed by atoms with E-state index in [0.717, 1.165) is 22.2 Å². The number of nitrogens with zero attached hydrogens (tertiary/aromatic N) is 2. The monoisotopic (exact) mass is 617 g/mol. The molecule has 2 aromatic heterocycles. The van der Waals surface area contributed by atoms with Crippen molar-refractivity contribution in [2.75, 3.05) is 0 Å². The second kappa shape index (κ2) is 9.40. The molecule has 0 amide bonds. The number of pyridine rings is 2. The van der Waals surface area contributed by atoms with Gasteiger partial charge in [0.25, 0.3) is 0 Å². The Labute approximate surface area is 214 Å². The summed E-state index contributed by atoms with van der Waals surface area (Å²) in [6.45, 7) is 2.18. The number of fused-ring (bicyclic) bond motifs is 3. The maximum atomic E-state index is 5.90. The van der Waals surface area contributed by atoms with E-state index in [9.17, 15) is 0 Å². The van der Waals surface area contributed by atoms with E-state index in [1.54, 1.807) is 6.20 Å². The van der Waals surface area contributed by atoms with Crippen LogP contribution in [-0.4, -0.2) is 16.7 Å². The molecule has 0 radical (unpaired) electrons. The summed E-state index contributed by atoms with van der Waals surface area (Å²) in [6, 6.07) is 35.6. The molecule has 6 rings (SSSR count). The Morgan fingerprint density at radius 3 is 2.38 bits per heavy atom. The molecule has 164 valence electrons. The van der Waals surface area contributed by atoms with Crippen LogP contribution in [0.4, 0.5) is 0 Å². The number of rotatable bonds is 4. The number of hydrogen-bond acceptors (Lipinski definition) is 3. The van der Waals surface area contributed by atoms with Gasteiger partial charge in [-0.05, 0) is 24.6 Å². The van der Waals surface area contributed by atoms with Gasteiger partial charge in [-0.3, -0.25) is 4.98 Å². The summed E-state index contributed by atoms with van der Waals surface area (Å²) in [5, 5.41) is 0. The van der Waals surface area contributed by atoms with Gasteiger partial charge in [-0.2, -0.15) is 29.7 Å². The van der Waals surface area contributed by atoms with Crippen LogP contribution in [0.3, 0.4) is 0 Å². The van der Waals surface area contributed by atoms with Gasteiger partial charge in [0.15, 0.2) is 0 Å². The SMILES string of the molecule is Cc1cccnc1B1c2[c-]c(-c3[c-]c(Oc4ccccn4)ccc3)ccc2-c2ccccc21.[Pt+2]. The zero-order chi connectivity index (χ0) is 22.2. The van der Waals surface area contributed by atoms with Gasteiger partial charge in [0.2, 0.25) is 12.6 Å². The Morgan fingerprint density at radius 1 is 0.706 bits per heavy atom. The third kappa shape index (κ3) is 3.99. The molecule has 0 N–H and O–H groups in total. The fourth-order valence-corrected chi connectivity index (χ4v) is 4.55. The van der Waals surface area contributed by atoms with Gasteiger partial charge in [-0.25, -0.2) is 16.1 Å². The van der Waals surface area contributed by atoms with Crippen LogP contribution in [0.15, 0.2) is 97.3 Å². The van der Waals surface area contributed by atoms with Crippen LogP contribution in [-0.2, 0) is 21.1 Å². The predicted molar refractivity (Wildman–Crippen MR) is 133 cm³/mol. The molecule has 0 fully saturated rings. The zero-order valence-corrected chi connectivity index (χ0v) is 20.7. The first-order valence-electron chi connectivity index (χ1n) is 11.0. The molecule has 0 saturated heterocycles. The van der Waals surface area contributed by atoms with Crippen molar-refractivity contribution in [1.29, 1.82) is 0 Å². The number of benzene rings is 3. The van der Waals surface area contributed by atoms with Crippen molar-refractivity contribution in [1.82, 2.24) is 9.97 Å². The van der Waals surface area contributed by atoms with Crippen LogP contribution in [0.5, 0.6) is 11.6 Å². The van der Waals surface area contributed by atoms with Crippen LogP contribution in [0, 0.1) is 19.1 Å². The van der Waals surface area contributed by atoms with Gasteiger partial charge in [0.05, 0.1) is 0 Å². The van der Waals surface area contributed by atoms with Crippen LogP contribution >= 0.6 is 0 Å². The van der Waals surface area contributed by atoms with Crippen molar-refractivity contribution in [3.8, 4) is 33.9 Å². The molecule has 0 bridgehead atoms. The Balaban J connectivity index is 0.00000241. The molecule has 0 saturated carbocycles. The average Bonchev–Trinajstić information content (AvgIpc) is 3.19. The summed E-state index contributed by atoms with van der Waals surface area (Å²) in [7, 11) is 0. The first-order chi connectivity index (χ1) is 16.3. The Morgan fingerprint density at radius 2 is 1.53 bits per heavy atom. The summed E-state index contributed by atoms with van der Waals surface area (Å²) in [6.07, 6.45) is 3.59. The minimum absolute atomic E-state index is 0. The van der Waals surface area contributed by atoms with Crippen LogP contribution < -0.4 is 21.3 Å². The number of aromatic nitrogens is 2. The number of ether oxygens (including phenoxy) is 1. The predicted octanol–water partition coefficient (Wildman–Crippen LogP) is 4.34. The molecule has 3 nitrogen and oxygen atoms in total. The van der Waals surface area contributed by atoms with E-state index in [4.69, 9.17) is 9.72 Å².